The van der Waals surface area contributed by atoms with Gasteiger partial charge in [0.1, 0.15) is 17.7 Å². The maximum Gasteiger partial charge on any atom is 0.138 e. The average molecular weight is 367 g/mol. The van der Waals surface area contributed by atoms with Crippen molar-refractivity contribution in [1.82, 2.24) is 9.55 Å². The number of para-hydroxylation sites is 2. The first kappa shape index (κ1) is 19.4. The van der Waals surface area contributed by atoms with Crippen molar-refractivity contribution >= 4 is 11.0 Å². The van der Waals surface area contributed by atoms with Crippen LogP contribution in [0.4, 0.5) is 0 Å². The molecule has 2 aromatic carbocycles. The highest BCUT2D eigenvalue weighted by molar-refractivity contribution is 5.75. The monoisotopic (exact) mass is 366 g/mol. The second-order valence-electron chi connectivity index (χ2n) is 8.12. The van der Waals surface area contributed by atoms with Crippen LogP contribution in [0.25, 0.3) is 11.0 Å². The second kappa shape index (κ2) is 8.13. The molecular weight excluding hydrogens is 336 g/mol. The van der Waals surface area contributed by atoms with Crippen molar-refractivity contribution in [3.8, 4) is 5.75 Å². The summed E-state index contributed by atoms with van der Waals surface area (Å²) in [6.07, 6.45) is 1.35. The zero-order valence-electron chi connectivity index (χ0n) is 16.8. The molecular formula is C23H30N2O2. The van der Waals surface area contributed by atoms with E-state index in [1.807, 2.05) is 18.2 Å². The lowest BCUT2D eigenvalue weighted by Crippen LogP contribution is -2.10. The molecule has 4 heteroatoms. The molecule has 0 bridgehead atoms. The Kier molecular flexibility index (Phi) is 5.85. The number of ether oxygens (including phenoxy) is 1. The summed E-state index contributed by atoms with van der Waals surface area (Å²) in [5, 5.41) is 10.0. The zero-order chi connectivity index (χ0) is 19.4. The fourth-order valence-electron chi connectivity index (χ4n) is 3.26. The van der Waals surface area contributed by atoms with Gasteiger partial charge in [0.05, 0.1) is 17.6 Å². The van der Waals surface area contributed by atoms with Crippen molar-refractivity contribution in [1.29, 1.82) is 0 Å². The number of unbranched alkanes of at least 4 members (excludes halogenated alkanes) is 1. The quantitative estimate of drug-likeness (QED) is 0.581. The molecule has 27 heavy (non-hydrogen) atoms. The van der Waals surface area contributed by atoms with E-state index in [9.17, 15) is 5.11 Å². The van der Waals surface area contributed by atoms with Crippen molar-refractivity contribution in [2.75, 3.05) is 6.61 Å². The fraction of sp³-hybridized carbons (Fsp3) is 0.435. The van der Waals surface area contributed by atoms with Crippen molar-refractivity contribution < 1.29 is 9.84 Å². The second-order valence-corrected chi connectivity index (χ2v) is 8.12. The van der Waals surface area contributed by atoms with E-state index in [1.54, 1.807) is 6.92 Å². The molecule has 0 aliphatic heterocycles. The summed E-state index contributed by atoms with van der Waals surface area (Å²) in [5.41, 5.74) is 3.48. The van der Waals surface area contributed by atoms with Crippen LogP contribution in [0.15, 0.2) is 48.5 Å². The van der Waals surface area contributed by atoms with Gasteiger partial charge in [-0.1, -0.05) is 45.0 Å². The van der Waals surface area contributed by atoms with Crippen LogP contribution in [0, 0.1) is 0 Å². The van der Waals surface area contributed by atoms with E-state index in [4.69, 9.17) is 4.74 Å². The predicted molar refractivity (Wildman–Crippen MR) is 110 cm³/mol. The van der Waals surface area contributed by atoms with Crippen LogP contribution in [0.3, 0.4) is 0 Å². The Labute approximate surface area is 161 Å². The van der Waals surface area contributed by atoms with E-state index in [0.29, 0.717) is 6.61 Å². The summed E-state index contributed by atoms with van der Waals surface area (Å²) >= 11 is 0. The predicted octanol–water partition coefficient (Wildman–Crippen LogP) is 5.25. The summed E-state index contributed by atoms with van der Waals surface area (Å²) in [4.78, 5) is 4.57. The average Bonchev–Trinajstić information content (AvgIpc) is 3.00. The highest BCUT2D eigenvalue weighted by Gasteiger charge is 2.14. The van der Waals surface area contributed by atoms with Gasteiger partial charge in [-0.3, -0.25) is 0 Å². The molecule has 3 aromatic rings. The van der Waals surface area contributed by atoms with Crippen LogP contribution in [0.1, 0.15) is 58.0 Å². The molecule has 4 nitrogen and oxygen atoms in total. The molecule has 3 rings (SSSR count). The highest BCUT2D eigenvalue weighted by atomic mass is 16.5. The Bertz CT molecular complexity index is 874. The standard InChI is InChI=1S/C23H30N2O2/c1-17(26)22-24-20-9-5-6-10-21(20)25(22)15-7-8-16-27-19-13-11-18(12-14-19)23(2,3)4/h5-6,9-14,17,26H,7-8,15-16H2,1-4H3. The minimum atomic E-state index is -0.574. The Morgan fingerprint density at radius 3 is 2.41 bits per heavy atom. The summed E-state index contributed by atoms with van der Waals surface area (Å²) in [6, 6.07) is 16.4. The molecule has 0 aliphatic carbocycles. The van der Waals surface area contributed by atoms with Crippen LogP contribution in [0.2, 0.25) is 0 Å². The van der Waals surface area contributed by atoms with Gasteiger partial charge in [-0.15, -0.1) is 0 Å². The molecule has 0 aliphatic rings. The van der Waals surface area contributed by atoms with E-state index in [-0.39, 0.29) is 5.41 Å². The third-order valence-corrected chi connectivity index (χ3v) is 4.82. The number of imidazole rings is 1. The van der Waals surface area contributed by atoms with Crippen LogP contribution < -0.4 is 4.74 Å². The SMILES string of the molecule is CC(O)c1nc2ccccc2n1CCCCOc1ccc(C(C)(C)C)cc1. The van der Waals surface area contributed by atoms with Gasteiger partial charge in [-0.2, -0.15) is 0 Å². The molecule has 1 atom stereocenters. The van der Waals surface area contributed by atoms with Crippen LogP contribution in [0.5, 0.6) is 5.75 Å². The van der Waals surface area contributed by atoms with Gasteiger partial charge in [0.25, 0.3) is 0 Å². The maximum absolute atomic E-state index is 10.0. The first-order valence-electron chi connectivity index (χ1n) is 9.73. The first-order chi connectivity index (χ1) is 12.9. The van der Waals surface area contributed by atoms with E-state index in [1.165, 1.54) is 5.56 Å². The Morgan fingerprint density at radius 1 is 1.04 bits per heavy atom. The number of hydrogen-bond acceptors (Lipinski definition) is 3. The number of aromatic nitrogens is 2. The highest BCUT2D eigenvalue weighted by Crippen LogP contribution is 2.24. The molecule has 0 fully saturated rings. The zero-order valence-corrected chi connectivity index (χ0v) is 16.8. The first-order valence-corrected chi connectivity index (χ1v) is 9.73. The van der Waals surface area contributed by atoms with Gasteiger partial charge in [0.15, 0.2) is 0 Å². The molecule has 0 saturated carbocycles. The largest absolute Gasteiger partial charge is 0.494 e. The van der Waals surface area contributed by atoms with Gasteiger partial charge in [0, 0.05) is 6.54 Å². The third kappa shape index (κ3) is 4.69. The lowest BCUT2D eigenvalue weighted by atomic mass is 9.87. The van der Waals surface area contributed by atoms with Gasteiger partial charge in [-0.05, 0) is 55.0 Å². The molecule has 1 unspecified atom stereocenters. The van der Waals surface area contributed by atoms with Crippen molar-refractivity contribution in [2.45, 2.75) is 58.6 Å². The summed E-state index contributed by atoms with van der Waals surface area (Å²) in [6.45, 7) is 9.92. The van der Waals surface area contributed by atoms with Crippen molar-refractivity contribution in [3.05, 3.63) is 59.9 Å². The van der Waals surface area contributed by atoms with E-state index >= 15 is 0 Å². The molecule has 0 saturated heterocycles. The lowest BCUT2D eigenvalue weighted by molar-refractivity contribution is 0.184. The summed E-state index contributed by atoms with van der Waals surface area (Å²) in [5.74, 6) is 1.65. The third-order valence-electron chi connectivity index (χ3n) is 4.82. The van der Waals surface area contributed by atoms with E-state index in [2.05, 4.69) is 60.7 Å². The summed E-state index contributed by atoms with van der Waals surface area (Å²) < 4.78 is 8.01. The Hall–Kier alpha value is -2.33. The van der Waals surface area contributed by atoms with Crippen LogP contribution >= 0.6 is 0 Å². The number of fused-ring (bicyclic) bond motifs is 1. The normalized spacial score (nSPS) is 13.1. The minimum absolute atomic E-state index is 0.160. The van der Waals surface area contributed by atoms with E-state index in [0.717, 1.165) is 42.0 Å². The molecule has 144 valence electrons. The number of nitrogens with zero attached hydrogens (tertiary/aromatic N) is 2. The smallest absolute Gasteiger partial charge is 0.138 e. The van der Waals surface area contributed by atoms with Crippen LogP contribution in [-0.4, -0.2) is 21.3 Å². The Morgan fingerprint density at radius 2 is 1.74 bits per heavy atom. The Balaban J connectivity index is 1.54. The molecule has 0 radical (unpaired) electrons. The van der Waals surface area contributed by atoms with E-state index < -0.39 is 6.10 Å². The lowest BCUT2D eigenvalue weighted by Gasteiger charge is -2.19. The van der Waals surface area contributed by atoms with Gasteiger partial charge < -0.3 is 14.4 Å². The molecule has 1 N–H and O–H groups in total. The van der Waals surface area contributed by atoms with Gasteiger partial charge >= 0.3 is 0 Å². The number of hydrogen-bond donors (Lipinski definition) is 1. The number of benzene rings is 2. The minimum Gasteiger partial charge on any atom is -0.494 e. The molecule has 0 spiro atoms. The maximum atomic E-state index is 10.0. The molecule has 1 heterocycles. The number of aryl methyl sites for hydroxylation is 1. The van der Waals surface area contributed by atoms with Gasteiger partial charge in [0.2, 0.25) is 0 Å². The fourth-order valence-corrected chi connectivity index (χ4v) is 3.26. The number of aliphatic hydroxyl groups is 1. The van der Waals surface area contributed by atoms with Crippen molar-refractivity contribution in [3.63, 3.8) is 0 Å². The number of aliphatic hydroxyl groups excluding tert-OH is 1. The van der Waals surface area contributed by atoms with Crippen molar-refractivity contribution in [2.24, 2.45) is 0 Å². The van der Waals surface area contributed by atoms with Crippen LogP contribution in [-0.2, 0) is 12.0 Å². The summed E-state index contributed by atoms with van der Waals surface area (Å²) in [7, 11) is 0. The number of rotatable bonds is 7. The molecule has 0 amide bonds. The molecule has 1 aromatic heterocycles. The van der Waals surface area contributed by atoms with Gasteiger partial charge in [-0.25, -0.2) is 4.98 Å². The topological polar surface area (TPSA) is 47.3 Å².